The van der Waals surface area contributed by atoms with Crippen molar-refractivity contribution in [3.05, 3.63) is 77.9 Å². The molecule has 0 aromatic heterocycles. The number of imide groups is 1. The lowest BCUT2D eigenvalue weighted by Crippen LogP contribution is -2.57. The first-order chi connectivity index (χ1) is 42.3. The Kier molecular flexibility index (Phi) is 30.4. The standard InChI is InChI=1S/C64H95N11O14/c1-11-42(6)57(46(38-76)36-54(81)74-35-19-23-49(74)58(88-10)43(7)59(82)66-33-31-44-20-14-12-15-21-44)73(9)62(85)56(41(4)5)71-51(78)37-72(8)64(87)89-39-45-25-27-47(28-26-45)68-60(83)48(22-18-32-67-63(65)86)69-61(84)55(40(2)3)70-50(77)24-16-13-17-34-75-52(79)29-30-53(75)80/h12,14-15,20-21,25-30,38,40-43,46,48-49,55-58H,11,13,16-19,22-24,31-37,39H2,1-10H3,(H,66,82)(H,68,83)(H,69,84)(H,70,77)(H,71,78)(H3,65,67,86)/t42-,43+,46-,48-,49-,55-,56-,57-,58+/m0/s1. The molecule has 25 nitrogen and oxygen atoms in total. The van der Waals surface area contributed by atoms with Gasteiger partial charge in [-0.15, -0.1) is 0 Å². The van der Waals surface area contributed by atoms with Crippen LogP contribution in [0.3, 0.4) is 0 Å². The van der Waals surface area contributed by atoms with Gasteiger partial charge in [0.1, 0.15) is 37.6 Å². The summed E-state index contributed by atoms with van der Waals surface area (Å²) < 4.78 is 11.4. The van der Waals surface area contributed by atoms with Gasteiger partial charge in [0.2, 0.25) is 41.4 Å². The summed E-state index contributed by atoms with van der Waals surface area (Å²) in [4.78, 5) is 163. The number of amides is 12. The van der Waals surface area contributed by atoms with Crippen molar-refractivity contribution in [2.24, 2.45) is 35.3 Å². The number of hydrogen-bond acceptors (Lipinski definition) is 14. The van der Waals surface area contributed by atoms with E-state index in [-0.39, 0.29) is 80.8 Å². The Bertz CT molecular complexity index is 2740. The number of hydrogen-bond donors (Lipinski definition) is 7. The summed E-state index contributed by atoms with van der Waals surface area (Å²) in [6.45, 7) is 13.1. The van der Waals surface area contributed by atoms with Crippen molar-refractivity contribution < 1.29 is 67.0 Å². The zero-order chi connectivity index (χ0) is 65.9. The Hall–Kier alpha value is -8.22. The van der Waals surface area contributed by atoms with Gasteiger partial charge in [-0.2, -0.15) is 0 Å². The third-order valence-corrected chi connectivity index (χ3v) is 16.4. The summed E-state index contributed by atoms with van der Waals surface area (Å²) in [5.41, 5.74) is 7.16. The fraction of sp³-hybridized carbons (Fsp3) is 0.594. The summed E-state index contributed by atoms with van der Waals surface area (Å²) in [6.07, 6.45) is 5.92. The number of carbonyl (C=O) groups is 12. The number of nitrogens with zero attached hydrogens (tertiary/aromatic N) is 4. The van der Waals surface area contributed by atoms with E-state index >= 15 is 0 Å². The number of nitrogens with one attached hydrogen (secondary N) is 6. The van der Waals surface area contributed by atoms with Gasteiger partial charge >= 0.3 is 12.1 Å². The zero-order valence-corrected chi connectivity index (χ0v) is 53.4. The van der Waals surface area contributed by atoms with Gasteiger partial charge in [0.15, 0.2) is 0 Å². The number of likely N-dealkylation sites (tertiary alicyclic amines) is 1. The van der Waals surface area contributed by atoms with Gasteiger partial charge < -0.3 is 66.6 Å². The molecule has 8 N–H and O–H groups in total. The van der Waals surface area contributed by atoms with E-state index in [9.17, 15) is 57.5 Å². The number of unbranched alkanes of at least 4 members (excludes halogenated alkanes) is 2. The summed E-state index contributed by atoms with van der Waals surface area (Å²) >= 11 is 0. The number of nitrogens with two attached hydrogens (primary N) is 1. The van der Waals surface area contributed by atoms with Crippen LogP contribution in [0.25, 0.3) is 0 Å². The molecule has 0 bridgehead atoms. The van der Waals surface area contributed by atoms with Gasteiger partial charge in [-0.1, -0.05) is 104 Å². The summed E-state index contributed by atoms with van der Waals surface area (Å²) in [7, 11) is 4.44. The number of rotatable bonds is 37. The highest BCUT2D eigenvalue weighted by Crippen LogP contribution is 2.31. The third-order valence-electron chi connectivity index (χ3n) is 16.4. The molecule has 1 saturated heterocycles. The van der Waals surface area contributed by atoms with Crippen LogP contribution in [0, 0.1) is 29.6 Å². The van der Waals surface area contributed by atoms with Crippen LogP contribution >= 0.6 is 0 Å². The molecule has 2 aliphatic rings. The predicted octanol–water partition coefficient (Wildman–Crippen LogP) is 3.97. The van der Waals surface area contributed by atoms with Crippen molar-refractivity contribution in [2.45, 2.75) is 162 Å². The largest absolute Gasteiger partial charge is 0.445 e. The van der Waals surface area contributed by atoms with Crippen LogP contribution in [-0.4, -0.2) is 181 Å². The van der Waals surface area contributed by atoms with Crippen LogP contribution < -0.4 is 37.6 Å². The number of carbonyl (C=O) groups excluding carboxylic acids is 12. The van der Waals surface area contributed by atoms with Crippen molar-refractivity contribution in [1.29, 1.82) is 0 Å². The van der Waals surface area contributed by atoms with Crippen molar-refractivity contribution in [1.82, 2.24) is 46.2 Å². The third kappa shape index (κ3) is 23.0. The van der Waals surface area contributed by atoms with Gasteiger partial charge in [-0.3, -0.25) is 48.1 Å². The highest BCUT2D eigenvalue weighted by Gasteiger charge is 2.43. The molecule has 0 spiro atoms. The van der Waals surface area contributed by atoms with Crippen molar-refractivity contribution in [3.63, 3.8) is 0 Å². The smallest absolute Gasteiger partial charge is 0.410 e. The van der Waals surface area contributed by atoms with Gasteiger partial charge in [-0.05, 0) is 86.0 Å². The second kappa shape index (κ2) is 36.9. The highest BCUT2D eigenvalue weighted by molar-refractivity contribution is 6.12. The molecule has 25 heteroatoms. The normalized spacial score (nSPS) is 16.5. The molecule has 1 fully saturated rings. The molecule has 2 aromatic rings. The molecule has 4 rings (SSSR count). The molecule has 9 atom stereocenters. The van der Waals surface area contributed by atoms with E-state index in [2.05, 4.69) is 31.9 Å². The van der Waals surface area contributed by atoms with Gasteiger partial charge in [0, 0.05) is 90.0 Å². The Morgan fingerprint density at radius 3 is 2.01 bits per heavy atom. The van der Waals surface area contributed by atoms with E-state index in [1.54, 1.807) is 70.8 Å². The van der Waals surface area contributed by atoms with E-state index in [1.165, 1.54) is 31.2 Å². The highest BCUT2D eigenvalue weighted by atomic mass is 16.6. The number of benzene rings is 2. The zero-order valence-electron chi connectivity index (χ0n) is 53.4. The molecule has 0 unspecified atom stereocenters. The molecule has 2 aliphatic heterocycles. The number of aldehydes is 1. The van der Waals surface area contributed by atoms with Gasteiger partial charge in [0.25, 0.3) is 11.8 Å². The minimum atomic E-state index is -1.11. The summed E-state index contributed by atoms with van der Waals surface area (Å²) in [5.74, 6) is -6.52. The van der Waals surface area contributed by atoms with E-state index in [0.717, 1.165) is 15.4 Å². The number of ether oxygens (including phenoxy) is 2. The van der Waals surface area contributed by atoms with Gasteiger partial charge in [0.05, 0.1) is 18.1 Å². The first-order valence-corrected chi connectivity index (χ1v) is 30.9. The summed E-state index contributed by atoms with van der Waals surface area (Å²) in [6, 6.07) is 11.0. The van der Waals surface area contributed by atoms with Crippen LogP contribution in [0.15, 0.2) is 66.7 Å². The average Bonchev–Trinajstić information content (AvgIpc) is 4.22. The SMILES string of the molecule is CC[C@H](C)[C@@H]([C@H](C=O)CC(=O)N1CCC[C@H]1[C@H](OC)[C@@H](C)C(=O)NCCc1ccccc1)N(C)C(=O)[C@@H](NC(=O)CN(C)C(=O)OCc1ccc(NC(=O)[C@H](CCCNC(N)=O)NC(=O)[C@@H](NC(=O)CCCCCN2C(=O)C=CC2=O)C(C)C)cc1)C(C)C. The van der Waals surface area contributed by atoms with E-state index in [1.807, 2.05) is 44.2 Å². The maximum atomic E-state index is 14.4. The molecule has 2 aromatic carbocycles. The fourth-order valence-corrected chi connectivity index (χ4v) is 11.1. The minimum Gasteiger partial charge on any atom is -0.445 e. The number of primary amides is 1. The molecule has 2 heterocycles. The first-order valence-electron chi connectivity index (χ1n) is 30.9. The van der Waals surface area contributed by atoms with E-state index in [4.69, 9.17) is 15.2 Å². The summed E-state index contributed by atoms with van der Waals surface area (Å²) in [5, 5.41) is 16.5. The Balaban J connectivity index is 1.30. The van der Waals surface area contributed by atoms with Crippen LogP contribution in [0.1, 0.15) is 124 Å². The molecule has 89 heavy (non-hydrogen) atoms. The Labute approximate surface area is 523 Å². The quantitative estimate of drug-likeness (QED) is 0.0286. The molecular weight excluding hydrogens is 1150 g/mol. The number of anilines is 1. The fourth-order valence-electron chi connectivity index (χ4n) is 11.1. The second-order valence-corrected chi connectivity index (χ2v) is 23.8. The van der Waals surface area contributed by atoms with Crippen molar-refractivity contribution >= 4 is 77.3 Å². The number of urea groups is 1. The van der Waals surface area contributed by atoms with Crippen molar-refractivity contribution in [2.75, 3.05) is 59.2 Å². The number of methoxy groups -OCH3 is 1. The predicted molar refractivity (Wildman–Crippen MR) is 333 cm³/mol. The maximum Gasteiger partial charge on any atom is 0.410 e. The minimum absolute atomic E-state index is 0.0846. The first kappa shape index (κ1) is 73.3. The van der Waals surface area contributed by atoms with Crippen molar-refractivity contribution in [3.8, 4) is 0 Å². The molecule has 0 saturated carbocycles. The Morgan fingerprint density at radius 2 is 1.40 bits per heavy atom. The molecule has 0 aliphatic carbocycles. The lowest BCUT2D eigenvalue weighted by molar-refractivity contribution is -0.145. The Morgan fingerprint density at radius 1 is 0.753 bits per heavy atom. The van der Waals surface area contributed by atoms with Crippen LogP contribution in [0.5, 0.6) is 0 Å². The van der Waals surface area contributed by atoms with Crippen LogP contribution in [0.4, 0.5) is 15.3 Å². The topological polar surface area (TPSA) is 334 Å². The molecular formula is C64H95N11O14. The second-order valence-electron chi connectivity index (χ2n) is 23.8. The monoisotopic (exact) mass is 1240 g/mol. The average molecular weight is 1240 g/mol. The lowest BCUT2D eigenvalue weighted by atomic mass is 9.84. The van der Waals surface area contributed by atoms with Crippen LogP contribution in [0.2, 0.25) is 0 Å². The molecule has 490 valence electrons. The van der Waals surface area contributed by atoms with Crippen LogP contribution in [-0.2, 0) is 70.4 Å². The van der Waals surface area contributed by atoms with Gasteiger partial charge in [-0.25, -0.2) is 9.59 Å². The molecule has 12 amide bonds. The lowest BCUT2D eigenvalue weighted by Gasteiger charge is -2.40. The maximum absolute atomic E-state index is 14.4. The van der Waals surface area contributed by atoms with E-state index in [0.29, 0.717) is 75.6 Å². The number of likely N-dealkylation sites (N-methyl/N-ethyl adjacent to an activating group) is 2. The molecule has 0 radical (unpaired) electrons. The van der Waals surface area contributed by atoms with E-state index < -0.39 is 102 Å².